The van der Waals surface area contributed by atoms with Gasteiger partial charge in [0.25, 0.3) is 5.91 Å². The van der Waals surface area contributed by atoms with Gasteiger partial charge in [0, 0.05) is 29.1 Å². The van der Waals surface area contributed by atoms with Gasteiger partial charge in [-0.05, 0) is 55.4 Å². The molecule has 2 aromatic rings. The van der Waals surface area contributed by atoms with E-state index in [0.29, 0.717) is 12.0 Å². The van der Waals surface area contributed by atoms with Crippen LogP contribution in [0.3, 0.4) is 0 Å². The van der Waals surface area contributed by atoms with Crippen molar-refractivity contribution >= 4 is 34.1 Å². The second kappa shape index (κ2) is 6.83. The summed E-state index contributed by atoms with van der Waals surface area (Å²) in [5.74, 6) is 0.839. The van der Waals surface area contributed by atoms with Crippen LogP contribution in [0, 0.1) is 5.92 Å². The molecule has 3 heterocycles. The van der Waals surface area contributed by atoms with Gasteiger partial charge in [-0.25, -0.2) is 0 Å². The van der Waals surface area contributed by atoms with E-state index < -0.39 is 0 Å². The molecule has 1 aromatic heterocycles. The molecule has 2 saturated carbocycles. The third-order valence-electron chi connectivity index (χ3n) is 7.91. The number of aromatic nitrogens is 1. The molecule has 2 aliphatic carbocycles. The first-order valence-electron chi connectivity index (χ1n) is 11.5. The number of rotatable bonds is 2. The fourth-order valence-corrected chi connectivity index (χ4v) is 7.05. The average Bonchev–Trinajstić information content (AvgIpc) is 3.45. The van der Waals surface area contributed by atoms with E-state index in [1.165, 1.54) is 67.1 Å². The molecule has 2 atom stereocenters. The molecular formula is C24H29N3OS. The van der Waals surface area contributed by atoms with Crippen LogP contribution in [-0.4, -0.2) is 37.9 Å². The number of nitrogens with one attached hydrogen (secondary N) is 1. The summed E-state index contributed by atoms with van der Waals surface area (Å²) in [5, 5.41) is 2.10. The first-order chi connectivity index (χ1) is 14.2. The van der Waals surface area contributed by atoms with Crippen molar-refractivity contribution in [1.29, 1.82) is 0 Å². The lowest BCUT2D eigenvalue weighted by Gasteiger charge is -2.42. The Morgan fingerprint density at radius 1 is 0.966 bits per heavy atom. The number of hydrogen-bond donors (Lipinski definition) is 1. The van der Waals surface area contributed by atoms with Crippen molar-refractivity contribution < 1.29 is 4.79 Å². The molecule has 1 amide bonds. The molecule has 1 N–H and O–H groups in total. The Morgan fingerprint density at radius 2 is 1.69 bits per heavy atom. The first kappa shape index (κ1) is 17.9. The highest BCUT2D eigenvalue weighted by Crippen LogP contribution is 2.48. The fourth-order valence-electron chi connectivity index (χ4n) is 6.57. The van der Waals surface area contributed by atoms with Gasteiger partial charge in [0.15, 0.2) is 5.11 Å². The topological polar surface area (TPSA) is 39.3 Å². The highest BCUT2D eigenvalue weighted by molar-refractivity contribution is 7.80. The van der Waals surface area contributed by atoms with E-state index in [9.17, 15) is 4.79 Å². The van der Waals surface area contributed by atoms with E-state index in [4.69, 9.17) is 12.2 Å². The van der Waals surface area contributed by atoms with Gasteiger partial charge in [-0.3, -0.25) is 9.69 Å². The fraction of sp³-hybridized carbons (Fsp3) is 0.583. The number of aromatic amines is 1. The summed E-state index contributed by atoms with van der Waals surface area (Å²) in [6, 6.07) is 9.03. The number of carbonyl (C=O) groups excluding carboxylic acids is 1. The van der Waals surface area contributed by atoms with Gasteiger partial charge in [-0.2, -0.15) is 0 Å². The number of carbonyl (C=O) groups is 1. The Balaban J connectivity index is 1.47. The van der Waals surface area contributed by atoms with Gasteiger partial charge in [0.05, 0.1) is 6.04 Å². The van der Waals surface area contributed by atoms with Crippen LogP contribution in [-0.2, 0) is 11.2 Å². The zero-order valence-corrected chi connectivity index (χ0v) is 17.7. The van der Waals surface area contributed by atoms with E-state index in [-0.39, 0.29) is 18.0 Å². The lowest BCUT2D eigenvalue weighted by molar-refractivity contribution is -0.130. The molecule has 29 heavy (non-hydrogen) atoms. The smallest absolute Gasteiger partial charge is 0.252 e. The van der Waals surface area contributed by atoms with Crippen LogP contribution in [0.15, 0.2) is 24.3 Å². The number of H-pyrrole nitrogens is 1. The number of thiocarbonyl (C=S) groups is 1. The van der Waals surface area contributed by atoms with Crippen LogP contribution >= 0.6 is 12.2 Å². The van der Waals surface area contributed by atoms with Crippen molar-refractivity contribution in [3.8, 4) is 0 Å². The van der Waals surface area contributed by atoms with Gasteiger partial charge in [0.1, 0.15) is 6.04 Å². The molecule has 4 aliphatic rings. The van der Waals surface area contributed by atoms with E-state index >= 15 is 0 Å². The Hall–Kier alpha value is -1.88. The molecule has 6 rings (SSSR count). The minimum Gasteiger partial charge on any atom is -0.356 e. The van der Waals surface area contributed by atoms with Gasteiger partial charge < -0.3 is 9.88 Å². The maximum absolute atomic E-state index is 13.6. The highest BCUT2D eigenvalue weighted by Gasteiger charge is 2.53. The molecule has 4 nitrogen and oxygen atoms in total. The maximum Gasteiger partial charge on any atom is 0.252 e. The van der Waals surface area contributed by atoms with Crippen molar-refractivity contribution in [2.45, 2.75) is 82.3 Å². The number of nitrogens with zero attached hydrogens (tertiary/aromatic N) is 2. The van der Waals surface area contributed by atoms with Gasteiger partial charge in [-0.15, -0.1) is 0 Å². The summed E-state index contributed by atoms with van der Waals surface area (Å²) in [5.41, 5.74) is 3.89. The van der Waals surface area contributed by atoms with Gasteiger partial charge in [-0.1, -0.05) is 50.3 Å². The maximum atomic E-state index is 13.6. The van der Waals surface area contributed by atoms with Crippen molar-refractivity contribution in [3.05, 3.63) is 35.5 Å². The third kappa shape index (κ3) is 2.62. The predicted octanol–water partition coefficient (Wildman–Crippen LogP) is 5.09. The summed E-state index contributed by atoms with van der Waals surface area (Å²) >= 11 is 6.03. The average molecular weight is 408 g/mol. The minimum absolute atomic E-state index is 0.110. The van der Waals surface area contributed by atoms with Gasteiger partial charge in [0.2, 0.25) is 0 Å². The largest absolute Gasteiger partial charge is 0.356 e. The molecule has 2 aliphatic heterocycles. The first-order valence-corrected chi connectivity index (χ1v) is 11.9. The summed E-state index contributed by atoms with van der Waals surface area (Å²) < 4.78 is 0. The summed E-state index contributed by atoms with van der Waals surface area (Å²) in [6.45, 7) is 0. The number of fused-ring (bicyclic) bond motifs is 4. The predicted molar refractivity (Wildman–Crippen MR) is 119 cm³/mol. The molecule has 1 saturated heterocycles. The molecule has 1 aromatic carbocycles. The number of amides is 1. The van der Waals surface area contributed by atoms with Crippen molar-refractivity contribution in [3.63, 3.8) is 0 Å². The zero-order valence-electron chi connectivity index (χ0n) is 16.9. The number of para-hydroxylation sites is 1. The van der Waals surface area contributed by atoms with Crippen LogP contribution < -0.4 is 0 Å². The van der Waals surface area contributed by atoms with E-state index in [2.05, 4.69) is 34.1 Å². The Kier molecular flexibility index (Phi) is 4.22. The summed E-state index contributed by atoms with van der Waals surface area (Å²) in [4.78, 5) is 21.8. The number of hydrogen-bond acceptors (Lipinski definition) is 2. The Morgan fingerprint density at radius 3 is 2.48 bits per heavy atom. The monoisotopic (exact) mass is 407 g/mol. The lowest BCUT2D eigenvalue weighted by Crippen LogP contribution is -2.46. The van der Waals surface area contributed by atoms with E-state index in [1.54, 1.807) is 0 Å². The molecule has 5 heteroatoms. The zero-order chi connectivity index (χ0) is 19.5. The second-order valence-electron chi connectivity index (χ2n) is 9.46. The quantitative estimate of drug-likeness (QED) is 0.705. The normalized spacial score (nSPS) is 28.4. The standard InChI is InChI=1S/C24H29N3OS/c28-23-20-14-18-17-12-6-7-13-19(17)25-21(18)22(15-8-2-1-3-9-15)27(20)24(29)26(23)16-10-4-5-11-16/h6-7,12-13,15-16,20,22,25H,1-5,8-11,14H2. The lowest BCUT2D eigenvalue weighted by atomic mass is 9.78. The third-order valence-corrected chi connectivity index (χ3v) is 8.32. The van der Waals surface area contributed by atoms with E-state index in [0.717, 1.165) is 24.4 Å². The summed E-state index contributed by atoms with van der Waals surface area (Å²) in [6.07, 6.45) is 11.8. The highest BCUT2D eigenvalue weighted by atomic mass is 32.1. The van der Waals surface area contributed by atoms with Crippen molar-refractivity contribution in [1.82, 2.24) is 14.8 Å². The minimum atomic E-state index is -0.110. The Labute approximate surface area is 177 Å². The Bertz CT molecular complexity index is 970. The summed E-state index contributed by atoms with van der Waals surface area (Å²) in [7, 11) is 0. The molecule has 3 fully saturated rings. The van der Waals surface area contributed by atoms with Crippen LogP contribution in [0.4, 0.5) is 0 Å². The van der Waals surface area contributed by atoms with Gasteiger partial charge >= 0.3 is 0 Å². The molecule has 2 unspecified atom stereocenters. The van der Waals surface area contributed by atoms with Crippen molar-refractivity contribution in [2.75, 3.05) is 0 Å². The number of benzene rings is 1. The van der Waals surface area contributed by atoms with Crippen LogP contribution in [0.1, 0.15) is 75.1 Å². The molecule has 0 spiro atoms. The molecule has 0 radical (unpaired) electrons. The van der Waals surface area contributed by atoms with Crippen LogP contribution in [0.2, 0.25) is 0 Å². The SMILES string of the molecule is O=C1C2Cc3c([nH]c4ccccc34)C(C3CCCCC3)N2C(=S)N1C1CCCC1. The second-order valence-corrected chi connectivity index (χ2v) is 9.83. The van der Waals surface area contributed by atoms with Crippen LogP contribution in [0.25, 0.3) is 10.9 Å². The molecule has 0 bridgehead atoms. The van der Waals surface area contributed by atoms with Crippen LogP contribution in [0.5, 0.6) is 0 Å². The molecule has 152 valence electrons. The molecular weight excluding hydrogens is 378 g/mol. The van der Waals surface area contributed by atoms with Crippen molar-refractivity contribution in [2.24, 2.45) is 5.92 Å². The van der Waals surface area contributed by atoms with E-state index in [1.807, 2.05) is 4.90 Å².